The first-order valence-corrected chi connectivity index (χ1v) is 9.81. The Morgan fingerprint density at radius 2 is 2.19 bits per heavy atom. The van der Waals surface area contributed by atoms with Crippen LogP contribution in [0.15, 0.2) is 16.9 Å². The van der Waals surface area contributed by atoms with E-state index in [1.54, 1.807) is 19.3 Å². The van der Waals surface area contributed by atoms with E-state index in [1.165, 1.54) is 4.90 Å². The third-order valence-electron chi connectivity index (χ3n) is 4.03. The summed E-state index contributed by atoms with van der Waals surface area (Å²) < 4.78 is 12.9. The summed E-state index contributed by atoms with van der Waals surface area (Å²) in [5.74, 6) is 0. The molecule has 9 heteroatoms. The number of aromatic nitrogens is 1. The molecule has 0 aromatic carbocycles. The van der Waals surface area contributed by atoms with Gasteiger partial charge in [0.05, 0.1) is 19.2 Å². The molecular formula is C18H28BrN4O4+. The first-order chi connectivity index (χ1) is 12.6. The minimum atomic E-state index is -0.549. The third-order valence-corrected chi connectivity index (χ3v) is 4.61. The largest absolute Gasteiger partial charge is 0.444 e. The van der Waals surface area contributed by atoms with E-state index in [2.05, 4.69) is 25.8 Å². The fourth-order valence-corrected chi connectivity index (χ4v) is 3.48. The Bertz CT molecular complexity index is 692. The number of hydrogen-bond acceptors (Lipinski definition) is 6. The maximum atomic E-state index is 12.3. The van der Waals surface area contributed by atoms with Gasteiger partial charge in [0.1, 0.15) is 15.9 Å². The molecule has 0 saturated carbocycles. The normalized spacial score (nSPS) is 15.3. The molecule has 8 nitrogen and oxygen atoms in total. The summed E-state index contributed by atoms with van der Waals surface area (Å²) in [6.45, 7) is 9.79. The van der Waals surface area contributed by atoms with Gasteiger partial charge >= 0.3 is 6.09 Å². The maximum Gasteiger partial charge on any atom is 0.410 e. The van der Waals surface area contributed by atoms with Gasteiger partial charge in [-0.15, -0.1) is 0 Å². The fourth-order valence-electron chi connectivity index (χ4n) is 2.90. The number of likely N-dealkylation sites (N-methyl/N-ethyl adjacent to an activating group) is 1. The number of fused-ring (bicyclic) bond motifs is 1. The van der Waals surface area contributed by atoms with Crippen molar-refractivity contribution in [3.05, 3.63) is 21.8 Å². The van der Waals surface area contributed by atoms with Crippen LogP contribution in [0.5, 0.6) is 0 Å². The van der Waals surface area contributed by atoms with Gasteiger partial charge in [-0.3, -0.25) is 0 Å². The molecule has 0 N–H and O–H groups in total. The summed E-state index contributed by atoms with van der Waals surface area (Å²) in [6.07, 6.45) is 0.985. The van der Waals surface area contributed by atoms with Crippen LogP contribution in [-0.4, -0.2) is 72.3 Å². The van der Waals surface area contributed by atoms with Crippen LogP contribution in [0.25, 0.3) is 0 Å². The van der Waals surface area contributed by atoms with Gasteiger partial charge in [-0.2, -0.15) is 0 Å². The minimum absolute atomic E-state index is 0.231. The first kappa shape index (κ1) is 21.6. The standard InChI is InChI=1S/C18H28BrN4O4/c1-6-26-13(11-21(5)17(24)27-18(2,3)4)12-22-9-10-23(25)14-7-8-20-16(19)15(14)22/h7-8,13H,6,9-12H2,1-5H3/q+1/t13-/m0/s1. The number of carbonyl (C=O) groups excluding carboxylic acids is 1. The van der Waals surface area contributed by atoms with E-state index in [9.17, 15) is 9.70 Å². The minimum Gasteiger partial charge on any atom is -0.444 e. The summed E-state index contributed by atoms with van der Waals surface area (Å²) in [7, 11) is 1.70. The van der Waals surface area contributed by atoms with Crippen molar-refractivity contribution < 1.29 is 19.0 Å². The number of pyridine rings is 1. The van der Waals surface area contributed by atoms with Crippen molar-refractivity contribution in [2.24, 2.45) is 0 Å². The average molecular weight is 444 g/mol. The molecule has 2 heterocycles. The number of amides is 1. The lowest BCUT2D eigenvalue weighted by atomic mass is 10.2. The number of hydrogen-bond donors (Lipinski definition) is 0. The molecular weight excluding hydrogens is 416 g/mol. The van der Waals surface area contributed by atoms with Crippen LogP contribution in [0.3, 0.4) is 0 Å². The van der Waals surface area contributed by atoms with Gasteiger partial charge in [-0.05, 0) is 43.6 Å². The van der Waals surface area contributed by atoms with Crippen LogP contribution in [0.4, 0.5) is 16.2 Å². The van der Waals surface area contributed by atoms with Gasteiger partial charge in [-0.1, -0.05) is 0 Å². The molecule has 1 atom stereocenters. The van der Waals surface area contributed by atoms with E-state index in [0.29, 0.717) is 43.1 Å². The summed E-state index contributed by atoms with van der Waals surface area (Å²) in [5, 5.41) is 0. The molecule has 1 aromatic heterocycles. The predicted octanol–water partition coefficient (Wildman–Crippen LogP) is 3.35. The Hall–Kier alpha value is -1.74. The van der Waals surface area contributed by atoms with Crippen molar-refractivity contribution in [2.75, 3.05) is 44.7 Å². The van der Waals surface area contributed by atoms with Gasteiger partial charge in [0.25, 0.3) is 5.69 Å². The van der Waals surface area contributed by atoms with Gasteiger partial charge in [0.2, 0.25) is 6.54 Å². The molecule has 1 aliphatic rings. The molecule has 1 amide bonds. The quantitative estimate of drug-likeness (QED) is 0.495. The number of rotatable bonds is 6. The van der Waals surface area contributed by atoms with Crippen LogP contribution in [0.2, 0.25) is 0 Å². The van der Waals surface area contributed by atoms with Crippen LogP contribution < -0.4 is 4.90 Å². The predicted molar refractivity (Wildman–Crippen MR) is 107 cm³/mol. The van der Waals surface area contributed by atoms with E-state index < -0.39 is 5.60 Å². The molecule has 0 bridgehead atoms. The summed E-state index contributed by atoms with van der Waals surface area (Å²) >= 11 is 3.44. The lowest BCUT2D eigenvalue weighted by Crippen LogP contribution is -2.46. The topological polar surface area (TPSA) is 75.0 Å². The number of nitroso groups, excluding NO2 is 1. The lowest BCUT2D eigenvalue weighted by Gasteiger charge is -2.32. The van der Waals surface area contributed by atoms with Crippen molar-refractivity contribution >= 4 is 33.4 Å². The Balaban J connectivity index is 2.12. The van der Waals surface area contributed by atoms with Gasteiger partial charge in [0, 0.05) is 42.1 Å². The van der Waals surface area contributed by atoms with E-state index in [-0.39, 0.29) is 12.2 Å². The number of anilines is 1. The summed E-state index contributed by atoms with van der Waals surface area (Å²) in [5.41, 5.74) is 0.786. The maximum absolute atomic E-state index is 12.3. The second-order valence-electron chi connectivity index (χ2n) is 7.46. The molecule has 1 aliphatic heterocycles. The van der Waals surface area contributed by atoms with Gasteiger partial charge in [-0.25, -0.2) is 9.78 Å². The van der Waals surface area contributed by atoms with Crippen molar-refractivity contribution in [3.63, 3.8) is 0 Å². The van der Waals surface area contributed by atoms with Gasteiger partial charge in [0.15, 0.2) is 0 Å². The van der Waals surface area contributed by atoms with Crippen molar-refractivity contribution in [3.8, 4) is 0 Å². The molecule has 0 fully saturated rings. The zero-order chi connectivity index (χ0) is 20.2. The second kappa shape index (κ2) is 8.97. The van der Waals surface area contributed by atoms with E-state index >= 15 is 0 Å². The smallest absolute Gasteiger partial charge is 0.410 e. The Labute approximate surface area is 168 Å². The molecule has 2 rings (SSSR count). The third kappa shape index (κ3) is 5.87. The second-order valence-corrected chi connectivity index (χ2v) is 8.21. The van der Waals surface area contributed by atoms with Crippen LogP contribution in [0.1, 0.15) is 27.7 Å². The zero-order valence-corrected chi connectivity index (χ0v) is 18.2. The van der Waals surface area contributed by atoms with Crippen LogP contribution in [-0.2, 0) is 9.47 Å². The lowest BCUT2D eigenvalue weighted by molar-refractivity contribution is -0.462. The molecule has 0 radical (unpaired) electrons. The highest BCUT2D eigenvalue weighted by Crippen LogP contribution is 2.36. The molecule has 150 valence electrons. The number of nitrogens with zero attached hydrogens (tertiary/aromatic N) is 4. The van der Waals surface area contributed by atoms with Crippen LogP contribution >= 0.6 is 15.9 Å². The van der Waals surface area contributed by atoms with E-state index in [0.717, 1.165) is 10.4 Å². The number of halogens is 1. The highest BCUT2D eigenvalue weighted by Gasteiger charge is 2.34. The first-order valence-electron chi connectivity index (χ1n) is 9.02. The summed E-state index contributed by atoms with van der Waals surface area (Å²) in [6, 6.07) is 1.71. The van der Waals surface area contributed by atoms with Crippen LogP contribution in [0, 0.1) is 4.91 Å². The molecule has 0 spiro atoms. The van der Waals surface area contributed by atoms with E-state index in [4.69, 9.17) is 9.47 Å². The molecule has 0 aliphatic carbocycles. The van der Waals surface area contributed by atoms with E-state index in [1.807, 2.05) is 27.7 Å². The monoisotopic (exact) mass is 443 g/mol. The Morgan fingerprint density at radius 1 is 1.48 bits per heavy atom. The number of carbonyl (C=O) groups is 1. The molecule has 27 heavy (non-hydrogen) atoms. The molecule has 0 unspecified atom stereocenters. The summed E-state index contributed by atoms with van der Waals surface area (Å²) in [4.78, 5) is 32.2. The zero-order valence-electron chi connectivity index (χ0n) is 16.6. The Morgan fingerprint density at radius 3 is 2.81 bits per heavy atom. The van der Waals surface area contributed by atoms with Crippen molar-refractivity contribution in [1.82, 2.24) is 9.88 Å². The highest BCUT2D eigenvalue weighted by atomic mass is 79.9. The average Bonchev–Trinajstić information content (AvgIpc) is 2.56. The Kier molecular flexibility index (Phi) is 7.16. The van der Waals surface area contributed by atoms with Gasteiger partial charge < -0.3 is 19.3 Å². The van der Waals surface area contributed by atoms with Crippen molar-refractivity contribution in [2.45, 2.75) is 39.4 Å². The highest BCUT2D eigenvalue weighted by molar-refractivity contribution is 9.10. The number of ether oxygens (including phenoxy) is 2. The molecule has 0 saturated heterocycles. The fraction of sp³-hybridized carbons (Fsp3) is 0.667. The SMILES string of the molecule is CCO[C@@H](CN(C)C(=O)OC(C)(C)C)CN1CC[N+](=O)c2ccnc(Br)c21. The molecule has 1 aromatic rings. The van der Waals surface area contributed by atoms with Crippen molar-refractivity contribution in [1.29, 1.82) is 0 Å².